The van der Waals surface area contributed by atoms with Gasteiger partial charge in [0.15, 0.2) is 0 Å². The lowest BCUT2D eigenvalue weighted by atomic mass is 9.88. The SMILES string of the molecule is COC(c1ccccc1)C1CCN(S(=O)(=O)Cc2ccccc2)CC1. The van der Waals surface area contributed by atoms with E-state index in [1.807, 2.05) is 48.5 Å². The number of hydrogen-bond donors (Lipinski definition) is 0. The molecule has 1 heterocycles. The van der Waals surface area contributed by atoms with Crippen molar-refractivity contribution in [1.29, 1.82) is 0 Å². The monoisotopic (exact) mass is 359 g/mol. The van der Waals surface area contributed by atoms with Crippen molar-refractivity contribution in [3.63, 3.8) is 0 Å². The van der Waals surface area contributed by atoms with E-state index in [0.717, 1.165) is 24.0 Å². The lowest BCUT2D eigenvalue weighted by Gasteiger charge is -2.35. The average molecular weight is 359 g/mol. The van der Waals surface area contributed by atoms with Crippen LogP contribution in [0.5, 0.6) is 0 Å². The van der Waals surface area contributed by atoms with Gasteiger partial charge in [-0.25, -0.2) is 12.7 Å². The lowest BCUT2D eigenvalue weighted by Crippen LogP contribution is -2.40. The van der Waals surface area contributed by atoms with Gasteiger partial charge in [0.1, 0.15) is 0 Å². The molecule has 1 saturated heterocycles. The van der Waals surface area contributed by atoms with Crippen LogP contribution in [0.1, 0.15) is 30.1 Å². The van der Waals surface area contributed by atoms with E-state index >= 15 is 0 Å². The molecule has 25 heavy (non-hydrogen) atoms. The fraction of sp³-hybridized carbons (Fsp3) is 0.400. The maximum absolute atomic E-state index is 12.7. The maximum Gasteiger partial charge on any atom is 0.218 e. The van der Waals surface area contributed by atoms with Crippen LogP contribution in [-0.2, 0) is 20.5 Å². The Labute approximate surface area is 150 Å². The van der Waals surface area contributed by atoms with E-state index in [9.17, 15) is 8.42 Å². The van der Waals surface area contributed by atoms with Gasteiger partial charge in [0.2, 0.25) is 10.0 Å². The number of rotatable bonds is 6. The van der Waals surface area contributed by atoms with Crippen LogP contribution in [0.4, 0.5) is 0 Å². The molecule has 1 fully saturated rings. The van der Waals surface area contributed by atoms with E-state index in [0.29, 0.717) is 19.0 Å². The second-order valence-electron chi connectivity index (χ2n) is 6.55. The fourth-order valence-corrected chi connectivity index (χ4v) is 5.14. The molecule has 4 nitrogen and oxygen atoms in total. The molecule has 3 rings (SSSR count). The Morgan fingerprint density at radius 2 is 1.56 bits per heavy atom. The van der Waals surface area contributed by atoms with Crippen molar-refractivity contribution in [1.82, 2.24) is 4.31 Å². The zero-order valence-corrected chi connectivity index (χ0v) is 15.4. The second-order valence-corrected chi connectivity index (χ2v) is 8.51. The van der Waals surface area contributed by atoms with Crippen LogP contribution in [0, 0.1) is 5.92 Å². The van der Waals surface area contributed by atoms with Crippen molar-refractivity contribution in [2.45, 2.75) is 24.7 Å². The van der Waals surface area contributed by atoms with Crippen molar-refractivity contribution in [2.75, 3.05) is 20.2 Å². The zero-order valence-electron chi connectivity index (χ0n) is 14.5. The van der Waals surface area contributed by atoms with Crippen molar-refractivity contribution >= 4 is 10.0 Å². The minimum Gasteiger partial charge on any atom is -0.376 e. The molecule has 2 aromatic carbocycles. The van der Waals surface area contributed by atoms with Gasteiger partial charge in [0.25, 0.3) is 0 Å². The van der Waals surface area contributed by atoms with Crippen LogP contribution in [0.15, 0.2) is 60.7 Å². The number of nitrogens with zero attached hydrogens (tertiary/aromatic N) is 1. The minimum absolute atomic E-state index is 0.0279. The molecule has 1 unspecified atom stereocenters. The number of sulfonamides is 1. The Bertz CT molecular complexity index is 754. The first-order valence-corrected chi connectivity index (χ1v) is 10.3. The summed E-state index contributed by atoms with van der Waals surface area (Å²) in [4.78, 5) is 0. The van der Waals surface area contributed by atoms with Gasteiger partial charge in [-0.1, -0.05) is 60.7 Å². The summed E-state index contributed by atoms with van der Waals surface area (Å²) in [5.41, 5.74) is 2.00. The summed E-state index contributed by atoms with van der Waals surface area (Å²) in [7, 11) is -1.53. The van der Waals surface area contributed by atoms with Crippen molar-refractivity contribution in [3.05, 3.63) is 71.8 Å². The van der Waals surface area contributed by atoms with Gasteiger partial charge in [-0.05, 0) is 29.9 Å². The fourth-order valence-electron chi connectivity index (χ4n) is 3.58. The Morgan fingerprint density at radius 1 is 1.00 bits per heavy atom. The summed E-state index contributed by atoms with van der Waals surface area (Å²) in [6, 6.07) is 19.5. The molecule has 5 heteroatoms. The summed E-state index contributed by atoms with van der Waals surface area (Å²) in [6.45, 7) is 1.12. The Kier molecular flexibility index (Phi) is 5.89. The first kappa shape index (κ1) is 18.1. The Balaban J connectivity index is 1.63. The smallest absolute Gasteiger partial charge is 0.218 e. The summed E-state index contributed by atoms with van der Waals surface area (Å²) >= 11 is 0. The lowest BCUT2D eigenvalue weighted by molar-refractivity contribution is 0.0303. The molecule has 0 amide bonds. The molecular weight excluding hydrogens is 334 g/mol. The van der Waals surface area contributed by atoms with E-state index in [1.165, 1.54) is 0 Å². The molecule has 0 spiro atoms. The molecule has 2 aromatic rings. The van der Waals surface area contributed by atoms with Gasteiger partial charge in [-0.2, -0.15) is 0 Å². The maximum atomic E-state index is 12.7. The average Bonchev–Trinajstić information content (AvgIpc) is 2.64. The van der Waals surface area contributed by atoms with Crippen LogP contribution in [0.2, 0.25) is 0 Å². The highest BCUT2D eigenvalue weighted by atomic mass is 32.2. The molecule has 0 radical (unpaired) electrons. The molecule has 1 atom stereocenters. The predicted octanol–water partition coefficient (Wildman–Crippen LogP) is 3.62. The number of piperidine rings is 1. The molecule has 0 saturated carbocycles. The van der Waals surface area contributed by atoms with Gasteiger partial charge in [0, 0.05) is 20.2 Å². The first-order chi connectivity index (χ1) is 12.1. The van der Waals surface area contributed by atoms with E-state index in [-0.39, 0.29) is 11.9 Å². The highest BCUT2D eigenvalue weighted by molar-refractivity contribution is 7.88. The van der Waals surface area contributed by atoms with Crippen molar-refractivity contribution in [3.8, 4) is 0 Å². The largest absolute Gasteiger partial charge is 0.376 e. The molecule has 0 aromatic heterocycles. The third-order valence-corrected chi connectivity index (χ3v) is 6.74. The topological polar surface area (TPSA) is 46.6 Å². The molecule has 0 N–H and O–H groups in total. The van der Waals surface area contributed by atoms with Crippen LogP contribution in [0.3, 0.4) is 0 Å². The van der Waals surface area contributed by atoms with Crippen LogP contribution >= 0.6 is 0 Å². The van der Waals surface area contributed by atoms with Crippen molar-refractivity contribution in [2.24, 2.45) is 5.92 Å². The highest BCUT2D eigenvalue weighted by Crippen LogP contribution is 2.34. The zero-order chi connectivity index (χ0) is 17.7. The molecule has 0 bridgehead atoms. The first-order valence-electron chi connectivity index (χ1n) is 8.69. The second kappa shape index (κ2) is 8.13. The molecule has 134 valence electrons. The molecule has 1 aliphatic rings. The predicted molar refractivity (Wildman–Crippen MR) is 99.6 cm³/mol. The summed E-state index contributed by atoms with van der Waals surface area (Å²) < 4.78 is 32.7. The third-order valence-electron chi connectivity index (χ3n) is 4.89. The van der Waals surface area contributed by atoms with E-state index < -0.39 is 10.0 Å². The van der Waals surface area contributed by atoms with Gasteiger partial charge in [0.05, 0.1) is 11.9 Å². The summed E-state index contributed by atoms with van der Waals surface area (Å²) in [6.07, 6.45) is 1.67. The number of benzene rings is 2. The van der Waals surface area contributed by atoms with Gasteiger partial charge < -0.3 is 4.74 Å². The Hall–Kier alpha value is -1.69. The molecule has 1 aliphatic heterocycles. The summed E-state index contributed by atoms with van der Waals surface area (Å²) in [5.74, 6) is 0.417. The van der Waals surface area contributed by atoms with Gasteiger partial charge in [-0.3, -0.25) is 0 Å². The highest BCUT2D eigenvalue weighted by Gasteiger charge is 2.32. The van der Waals surface area contributed by atoms with Crippen LogP contribution in [0.25, 0.3) is 0 Å². The van der Waals surface area contributed by atoms with E-state index in [2.05, 4.69) is 12.1 Å². The number of methoxy groups -OCH3 is 1. The quantitative estimate of drug-likeness (QED) is 0.791. The third kappa shape index (κ3) is 4.48. The van der Waals surface area contributed by atoms with E-state index in [4.69, 9.17) is 4.74 Å². The van der Waals surface area contributed by atoms with Crippen molar-refractivity contribution < 1.29 is 13.2 Å². The standard InChI is InChI=1S/C20H25NO3S/c1-24-20(18-10-6-3-7-11-18)19-12-14-21(15-13-19)25(22,23)16-17-8-4-2-5-9-17/h2-11,19-20H,12-16H2,1H3. The molecule has 0 aliphatic carbocycles. The molecular formula is C20H25NO3S. The summed E-state index contributed by atoms with van der Waals surface area (Å²) in [5, 5.41) is 0. The van der Waals surface area contributed by atoms with Gasteiger partial charge in [-0.15, -0.1) is 0 Å². The van der Waals surface area contributed by atoms with E-state index in [1.54, 1.807) is 11.4 Å². The van der Waals surface area contributed by atoms with Crippen LogP contribution < -0.4 is 0 Å². The van der Waals surface area contributed by atoms with Crippen LogP contribution in [-0.4, -0.2) is 32.9 Å². The number of ether oxygens (including phenoxy) is 1. The Morgan fingerprint density at radius 3 is 2.12 bits per heavy atom. The number of hydrogen-bond acceptors (Lipinski definition) is 3. The minimum atomic E-state index is -3.26. The van der Waals surface area contributed by atoms with Gasteiger partial charge >= 0.3 is 0 Å². The normalized spacial score (nSPS) is 18.1.